The molecule has 0 unspecified atom stereocenters. The van der Waals surface area contributed by atoms with E-state index in [9.17, 15) is 5.11 Å². The third kappa shape index (κ3) is 3.57. The monoisotopic (exact) mass is 283 g/mol. The van der Waals surface area contributed by atoms with Crippen LogP contribution in [0, 0.1) is 6.92 Å². The van der Waals surface area contributed by atoms with Crippen molar-refractivity contribution in [1.29, 1.82) is 0 Å². The van der Waals surface area contributed by atoms with E-state index in [0.717, 1.165) is 16.8 Å². The van der Waals surface area contributed by atoms with Crippen LogP contribution >= 0.6 is 0 Å². The van der Waals surface area contributed by atoms with Crippen molar-refractivity contribution < 1.29 is 5.11 Å². The first-order valence-electron chi connectivity index (χ1n) is 7.38. The first kappa shape index (κ1) is 15.4. The van der Waals surface area contributed by atoms with Crippen molar-refractivity contribution in [3.63, 3.8) is 0 Å². The molecule has 0 atom stereocenters. The van der Waals surface area contributed by atoms with E-state index in [2.05, 4.69) is 49.9 Å². The van der Waals surface area contributed by atoms with Gasteiger partial charge in [-0.3, -0.25) is 0 Å². The van der Waals surface area contributed by atoms with E-state index in [-0.39, 0.29) is 5.41 Å². The number of rotatable bonds is 3. The number of para-hydroxylation sites is 1. The highest BCUT2D eigenvalue weighted by atomic mass is 16.3. The molecule has 0 aliphatic carbocycles. The molecule has 0 fully saturated rings. The highest BCUT2D eigenvalue weighted by Crippen LogP contribution is 2.31. The van der Waals surface area contributed by atoms with Crippen molar-refractivity contribution in [3.05, 3.63) is 59.2 Å². The molecule has 0 radical (unpaired) electrons. The molecule has 2 aromatic carbocycles. The predicted molar refractivity (Wildman–Crippen MR) is 90.1 cm³/mol. The van der Waals surface area contributed by atoms with Gasteiger partial charge in [0, 0.05) is 24.8 Å². The van der Waals surface area contributed by atoms with E-state index < -0.39 is 0 Å². The molecule has 0 saturated heterocycles. The van der Waals surface area contributed by atoms with E-state index in [4.69, 9.17) is 0 Å². The minimum atomic E-state index is 0.0819. The summed E-state index contributed by atoms with van der Waals surface area (Å²) in [7, 11) is 2.05. The molecule has 21 heavy (non-hydrogen) atoms. The summed E-state index contributed by atoms with van der Waals surface area (Å²) in [5.41, 5.74) is 4.41. The lowest BCUT2D eigenvalue weighted by atomic mass is 9.85. The fraction of sp³-hybridized carbons (Fsp3) is 0.368. The number of nitrogens with zero attached hydrogens (tertiary/aromatic N) is 1. The minimum Gasteiger partial charge on any atom is -0.507 e. The fourth-order valence-corrected chi connectivity index (χ4v) is 2.44. The zero-order chi connectivity index (χ0) is 15.6. The standard InChI is InChI=1S/C19H25NO/c1-14-11-16(19(2,3)4)12-15(18(14)21)13-20(5)17-9-7-6-8-10-17/h6-12,21H,13H2,1-5H3. The number of anilines is 1. The summed E-state index contributed by atoms with van der Waals surface area (Å²) in [4.78, 5) is 2.15. The smallest absolute Gasteiger partial charge is 0.123 e. The quantitative estimate of drug-likeness (QED) is 0.887. The van der Waals surface area contributed by atoms with Gasteiger partial charge in [0.15, 0.2) is 0 Å². The Morgan fingerprint density at radius 3 is 2.24 bits per heavy atom. The number of hydrogen-bond acceptors (Lipinski definition) is 2. The topological polar surface area (TPSA) is 23.5 Å². The first-order chi connectivity index (χ1) is 9.79. The van der Waals surface area contributed by atoms with Crippen LogP contribution < -0.4 is 4.90 Å². The fourth-order valence-electron chi connectivity index (χ4n) is 2.44. The van der Waals surface area contributed by atoms with Crippen LogP contribution in [-0.4, -0.2) is 12.2 Å². The Bertz CT molecular complexity index is 611. The van der Waals surface area contributed by atoms with Crippen LogP contribution in [0.5, 0.6) is 5.75 Å². The lowest BCUT2D eigenvalue weighted by Gasteiger charge is -2.24. The maximum absolute atomic E-state index is 10.4. The molecule has 0 amide bonds. The van der Waals surface area contributed by atoms with E-state index in [0.29, 0.717) is 12.3 Å². The Labute approximate surface area is 128 Å². The normalized spacial score (nSPS) is 11.5. The number of phenolic OH excluding ortho intramolecular Hbond substituents is 1. The summed E-state index contributed by atoms with van der Waals surface area (Å²) in [5, 5.41) is 10.4. The van der Waals surface area contributed by atoms with Gasteiger partial charge in [0.2, 0.25) is 0 Å². The van der Waals surface area contributed by atoms with Gasteiger partial charge in [-0.25, -0.2) is 0 Å². The largest absolute Gasteiger partial charge is 0.507 e. The zero-order valence-electron chi connectivity index (χ0n) is 13.6. The van der Waals surface area contributed by atoms with Gasteiger partial charge in [0.05, 0.1) is 0 Å². The Morgan fingerprint density at radius 2 is 1.67 bits per heavy atom. The molecule has 0 aliphatic heterocycles. The average Bonchev–Trinajstić information content (AvgIpc) is 2.43. The Morgan fingerprint density at radius 1 is 1.05 bits per heavy atom. The van der Waals surface area contributed by atoms with Gasteiger partial charge in [-0.1, -0.05) is 45.0 Å². The van der Waals surface area contributed by atoms with Gasteiger partial charge < -0.3 is 10.0 Å². The molecular weight excluding hydrogens is 258 g/mol. The molecule has 0 heterocycles. The van der Waals surface area contributed by atoms with Crippen LogP contribution in [-0.2, 0) is 12.0 Å². The summed E-state index contributed by atoms with van der Waals surface area (Å²) in [6.45, 7) is 9.26. The Balaban J connectivity index is 2.33. The van der Waals surface area contributed by atoms with Crippen molar-refractivity contribution >= 4 is 5.69 Å². The molecule has 2 rings (SSSR count). The predicted octanol–water partition coefficient (Wildman–Crippen LogP) is 4.63. The van der Waals surface area contributed by atoms with Gasteiger partial charge in [-0.2, -0.15) is 0 Å². The van der Waals surface area contributed by atoms with Crippen molar-refractivity contribution in [2.45, 2.75) is 39.7 Å². The van der Waals surface area contributed by atoms with Crippen LogP contribution in [0.2, 0.25) is 0 Å². The molecule has 0 bridgehead atoms. The summed E-state index contributed by atoms with van der Waals surface area (Å²) in [5.74, 6) is 0.408. The second-order valence-corrected chi connectivity index (χ2v) is 6.74. The Hall–Kier alpha value is -1.96. The minimum absolute atomic E-state index is 0.0819. The molecule has 2 heteroatoms. The molecule has 2 nitrogen and oxygen atoms in total. The number of aromatic hydroxyl groups is 1. The van der Waals surface area contributed by atoms with E-state index in [1.807, 2.05) is 32.2 Å². The number of aryl methyl sites for hydroxylation is 1. The van der Waals surface area contributed by atoms with E-state index in [1.165, 1.54) is 5.56 Å². The lowest BCUT2D eigenvalue weighted by molar-refractivity contribution is 0.462. The van der Waals surface area contributed by atoms with Crippen LogP contribution in [0.25, 0.3) is 0 Å². The maximum atomic E-state index is 10.4. The lowest BCUT2D eigenvalue weighted by Crippen LogP contribution is -2.18. The summed E-state index contributed by atoms with van der Waals surface area (Å²) >= 11 is 0. The van der Waals surface area contributed by atoms with Crippen LogP contribution in [0.15, 0.2) is 42.5 Å². The molecular formula is C19H25NO. The third-order valence-electron chi connectivity index (χ3n) is 3.85. The van der Waals surface area contributed by atoms with Gasteiger partial charge in [-0.05, 0) is 41.7 Å². The SMILES string of the molecule is Cc1cc(C(C)(C)C)cc(CN(C)c2ccccc2)c1O. The van der Waals surface area contributed by atoms with Gasteiger partial charge in [0.1, 0.15) is 5.75 Å². The summed E-state index contributed by atoms with van der Waals surface area (Å²) < 4.78 is 0. The second-order valence-electron chi connectivity index (χ2n) is 6.74. The first-order valence-corrected chi connectivity index (χ1v) is 7.38. The molecule has 2 aromatic rings. The highest BCUT2D eigenvalue weighted by molar-refractivity contribution is 5.50. The van der Waals surface area contributed by atoms with Crippen LogP contribution in [0.4, 0.5) is 5.69 Å². The second kappa shape index (κ2) is 5.80. The van der Waals surface area contributed by atoms with Crippen molar-refractivity contribution in [1.82, 2.24) is 0 Å². The molecule has 0 saturated carbocycles. The number of benzene rings is 2. The number of hydrogen-bond donors (Lipinski definition) is 1. The van der Waals surface area contributed by atoms with Gasteiger partial charge >= 0.3 is 0 Å². The van der Waals surface area contributed by atoms with E-state index >= 15 is 0 Å². The van der Waals surface area contributed by atoms with E-state index in [1.54, 1.807) is 0 Å². The molecule has 112 valence electrons. The van der Waals surface area contributed by atoms with Crippen molar-refractivity contribution in [2.75, 3.05) is 11.9 Å². The summed E-state index contributed by atoms with van der Waals surface area (Å²) in [6, 6.07) is 14.4. The highest BCUT2D eigenvalue weighted by Gasteiger charge is 2.18. The van der Waals surface area contributed by atoms with Crippen molar-refractivity contribution in [3.8, 4) is 5.75 Å². The molecule has 1 N–H and O–H groups in total. The maximum Gasteiger partial charge on any atom is 0.123 e. The zero-order valence-corrected chi connectivity index (χ0v) is 13.6. The average molecular weight is 283 g/mol. The number of phenols is 1. The molecule has 0 aromatic heterocycles. The van der Waals surface area contributed by atoms with Crippen LogP contribution in [0.3, 0.4) is 0 Å². The van der Waals surface area contributed by atoms with Crippen LogP contribution in [0.1, 0.15) is 37.5 Å². The van der Waals surface area contributed by atoms with Gasteiger partial charge in [-0.15, -0.1) is 0 Å². The van der Waals surface area contributed by atoms with Crippen molar-refractivity contribution in [2.24, 2.45) is 0 Å². The summed E-state index contributed by atoms with van der Waals surface area (Å²) in [6.07, 6.45) is 0. The molecule has 0 spiro atoms. The molecule has 0 aliphatic rings. The van der Waals surface area contributed by atoms with Gasteiger partial charge in [0.25, 0.3) is 0 Å². The third-order valence-corrected chi connectivity index (χ3v) is 3.85. The Kier molecular flexibility index (Phi) is 4.26.